The molecule has 1 unspecified atom stereocenters. The summed E-state index contributed by atoms with van der Waals surface area (Å²) in [7, 11) is 0. The zero-order valence-corrected chi connectivity index (χ0v) is 14.0. The number of ketones is 1. The van der Waals surface area contributed by atoms with E-state index >= 15 is 0 Å². The van der Waals surface area contributed by atoms with E-state index in [0.29, 0.717) is 17.0 Å². The zero-order valence-electron chi connectivity index (χ0n) is 14.0. The van der Waals surface area contributed by atoms with E-state index in [2.05, 4.69) is 5.16 Å². The van der Waals surface area contributed by atoms with Crippen molar-refractivity contribution in [3.05, 3.63) is 71.8 Å². The van der Waals surface area contributed by atoms with Crippen molar-refractivity contribution in [3.63, 3.8) is 0 Å². The average Bonchev–Trinajstić information content (AvgIpc) is 2.65. The number of rotatable bonds is 3. The highest BCUT2D eigenvalue weighted by Gasteiger charge is 2.42. The normalized spacial score (nSPS) is 18.7. The van der Waals surface area contributed by atoms with Crippen LogP contribution in [0, 0.1) is 5.92 Å². The standard InChI is InChI=1S/C20H18N2O3/c1-13-18(15-9-5-3-6-10-15)22(16-11-7-4-8-12-16)20(24)17(19(13)23)14(2)21-25/h3-12,17,25H,1-2H3/b21-14-. The van der Waals surface area contributed by atoms with Crippen molar-refractivity contribution >= 4 is 28.8 Å². The topological polar surface area (TPSA) is 70.0 Å². The number of carbonyl (C=O) groups is 2. The SMILES string of the molecule is CC1=C(c2ccccc2)N(c2ccccc2)C(=O)C(/C(C)=N\O)C1=O. The molecular formula is C20H18N2O3. The second-order valence-electron chi connectivity index (χ2n) is 5.89. The van der Waals surface area contributed by atoms with Crippen LogP contribution < -0.4 is 4.90 Å². The van der Waals surface area contributed by atoms with Crippen molar-refractivity contribution in [1.82, 2.24) is 0 Å². The molecule has 0 saturated carbocycles. The van der Waals surface area contributed by atoms with Crippen molar-refractivity contribution < 1.29 is 14.8 Å². The largest absolute Gasteiger partial charge is 0.411 e. The van der Waals surface area contributed by atoms with E-state index in [1.165, 1.54) is 11.8 Å². The van der Waals surface area contributed by atoms with Gasteiger partial charge in [0.15, 0.2) is 5.78 Å². The molecule has 0 fully saturated rings. The summed E-state index contributed by atoms with van der Waals surface area (Å²) in [6.45, 7) is 3.18. The minimum Gasteiger partial charge on any atom is -0.411 e. The third-order valence-corrected chi connectivity index (χ3v) is 4.32. The van der Waals surface area contributed by atoms with Gasteiger partial charge in [-0.2, -0.15) is 0 Å². The fraction of sp³-hybridized carbons (Fsp3) is 0.150. The molecule has 0 radical (unpaired) electrons. The van der Waals surface area contributed by atoms with Crippen molar-refractivity contribution in [3.8, 4) is 0 Å². The smallest absolute Gasteiger partial charge is 0.248 e. The van der Waals surface area contributed by atoms with Gasteiger partial charge in [0.2, 0.25) is 5.91 Å². The Morgan fingerprint density at radius 1 is 1.00 bits per heavy atom. The maximum atomic E-state index is 13.1. The van der Waals surface area contributed by atoms with Gasteiger partial charge in [-0.15, -0.1) is 0 Å². The molecule has 5 nitrogen and oxygen atoms in total. The first-order valence-electron chi connectivity index (χ1n) is 7.94. The van der Waals surface area contributed by atoms with Gasteiger partial charge in [0, 0.05) is 11.3 Å². The number of anilines is 1. The van der Waals surface area contributed by atoms with Crippen LogP contribution in [0.3, 0.4) is 0 Å². The Bertz CT molecular complexity index is 870. The van der Waals surface area contributed by atoms with E-state index in [1.807, 2.05) is 60.7 Å². The van der Waals surface area contributed by atoms with E-state index in [-0.39, 0.29) is 11.5 Å². The van der Waals surface area contributed by atoms with Crippen LogP contribution in [-0.4, -0.2) is 22.6 Å². The van der Waals surface area contributed by atoms with Gasteiger partial charge in [-0.25, -0.2) is 0 Å². The van der Waals surface area contributed by atoms with E-state index in [1.54, 1.807) is 6.92 Å². The van der Waals surface area contributed by atoms with Crippen molar-refractivity contribution in [2.24, 2.45) is 11.1 Å². The Kier molecular flexibility index (Phi) is 4.48. The number of allylic oxidation sites excluding steroid dienone is 1. The second kappa shape index (κ2) is 6.73. The van der Waals surface area contributed by atoms with Crippen LogP contribution in [0.5, 0.6) is 0 Å². The van der Waals surface area contributed by atoms with Gasteiger partial charge >= 0.3 is 0 Å². The number of hydrogen-bond acceptors (Lipinski definition) is 4. The molecule has 1 amide bonds. The first-order chi connectivity index (χ1) is 12.1. The van der Waals surface area contributed by atoms with Gasteiger partial charge in [0.05, 0.1) is 11.4 Å². The highest BCUT2D eigenvalue weighted by molar-refractivity contribution is 6.34. The number of nitrogens with zero attached hydrogens (tertiary/aromatic N) is 2. The van der Waals surface area contributed by atoms with E-state index in [9.17, 15) is 9.59 Å². The van der Waals surface area contributed by atoms with Gasteiger partial charge in [0.1, 0.15) is 5.92 Å². The predicted octanol–water partition coefficient (Wildman–Crippen LogP) is 3.50. The molecule has 0 aliphatic carbocycles. The van der Waals surface area contributed by atoms with Crippen LogP contribution >= 0.6 is 0 Å². The number of benzene rings is 2. The molecule has 0 saturated heterocycles. The Labute approximate surface area is 145 Å². The lowest BCUT2D eigenvalue weighted by Crippen LogP contribution is -2.47. The van der Waals surface area contributed by atoms with Gasteiger partial charge in [-0.3, -0.25) is 14.5 Å². The molecule has 0 spiro atoms. The lowest BCUT2D eigenvalue weighted by atomic mass is 9.85. The van der Waals surface area contributed by atoms with Crippen molar-refractivity contribution in [1.29, 1.82) is 0 Å². The molecular weight excluding hydrogens is 316 g/mol. The first kappa shape index (κ1) is 16.6. The zero-order chi connectivity index (χ0) is 18.0. The molecule has 1 heterocycles. The quantitative estimate of drug-likeness (QED) is 0.404. The average molecular weight is 334 g/mol. The Morgan fingerprint density at radius 2 is 1.56 bits per heavy atom. The molecule has 2 aromatic carbocycles. The summed E-state index contributed by atoms with van der Waals surface area (Å²) >= 11 is 0. The fourth-order valence-corrected chi connectivity index (χ4v) is 3.05. The molecule has 2 aromatic rings. The lowest BCUT2D eigenvalue weighted by Gasteiger charge is -2.34. The van der Waals surface area contributed by atoms with E-state index in [0.717, 1.165) is 5.56 Å². The van der Waals surface area contributed by atoms with Gasteiger partial charge < -0.3 is 5.21 Å². The van der Waals surface area contributed by atoms with Crippen molar-refractivity contribution in [2.45, 2.75) is 13.8 Å². The molecule has 1 aliphatic rings. The van der Waals surface area contributed by atoms with Crippen LogP contribution in [0.25, 0.3) is 5.70 Å². The minimum atomic E-state index is -1.11. The Hall–Kier alpha value is -3.21. The number of carbonyl (C=O) groups excluding carboxylic acids is 2. The maximum Gasteiger partial charge on any atom is 0.248 e. The summed E-state index contributed by atoms with van der Waals surface area (Å²) in [5, 5.41) is 12.2. The monoisotopic (exact) mass is 334 g/mol. The molecule has 1 atom stereocenters. The molecule has 25 heavy (non-hydrogen) atoms. The number of hydrogen-bond donors (Lipinski definition) is 1. The third-order valence-electron chi connectivity index (χ3n) is 4.32. The Balaban J connectivity index is 2.26. The number of Topliss-reactive ketones (excluding diaryl/α,β-unsaturated/α-hetero) is 1. The maximum absolute atomic E-state index is 13.1. The molecule has 0 bridgehead atoms. The van der Waals surface area contributed by atoms with Crippen LogP contribution in [0.2, 0.25) is 0 Å². The summed E-state index contributed by atoms with van der Waals surface area (Å²) in [6, 6.07) is 18.5. The first-order valence-corrected chi connectivity index (χ1v) is 7.94. The van der Waals surface area contributed by atoms with E-state index < -0.39 is 11.8 Å². The molecule has 3 rings (SSSR count). The highest BCUT2D eigenvalue weighted by Crippen LogP contribution is 2.36. The molecule has 0 aromatic heterocycles. The summed E-state index contributed by atoms with van der Waals surface area (Å²) in [5.41, 5.74) is 2.55. The second-order valence-corrected chi connectivity index (χ2v) is 5.89. The van der Waals surface area contributed by atoms with Gasteiger partial charge in [-0.05, 0) is 31.5 Å². The van der Waals surface area contributed by atoms with Crippen LogP contribution in [0.15, 0.2) is 71.4 Å². The third kappa shape index (κ3) is 2.85. The van der Waals surface area contributed by atoms with Crippen LogP contribution in [0.4, 0.5) is 5.69 Å². The summed E-state index contributed by atoms with van der Waals surface area (Å²) in [5.74, 6) is -1.88. The van der Waals surface area contributed by atoms with Gasteiger partial charge in [0.25, 0.3) is 0 Å². The number of amides is 1. The lowest BCUT2D eigenvalue weighted by molar-refractivity contribution is -0.128. The van der Waals surface area contributed by atoms with Crippen molar-refractivity contribution in [2.75, 3.05) is 4.90 Å². The summed E-state index contributed by atoms with van der Waals surface area (Å²) in [4.78, 5) is 27.5. The fourth-order valence-electron chi connectivity index (χ4n) is 3.05. The summed E-state index contributed by atoms with van der Waals surface area (Å²) in [6.07, 6.45) is 0. The molecule has 5 heteroatoms. The summed E-state index contributed by atoms with van der Waals surface area (Å²) < 4.78 is 0. The molecule has 1 N–H and O–H groups in total. The number of para-hydroxylation sites is 1. The van der Waals surface area contributed by atoms with Crippen LogP contribution in [-0.2, 0) is 9.59 Å². The molecule has 126 valence electrons. The highest BCUT2D eigenvalue weighted by atomic mass is 16.4. The molecule has 1 aliphatic heterocycles. The van der Waals surface area contributed by atoms with Crippen LogP contribution in [0.1, 0.15) is 19.4 Å². The predicted molar refractivity (Wildman–Crippen MR) is 96.4 cm³/mol. The Morgan fingerprint density at radius 3 is 2.12 bits per heavy atom. The van der Waals surface area contributed by atoms with Gasteiger partial charge in [-0.1, -0.05) is 53.7 Å². The van der Waals surface area contributed by atoms with E-state index in [4.69, 9.17) is 5.21 Å². The minimum absolute atomic E-state index is 0.0855. The number of oxime groups is 1.